The molecular weight excluding hydrogens is 318 g/mol. The number of thiazole rings is 1. The van der Waals surface area contributed by atoms with Crippen molar-refractivity contribution in [1.82, 2.24) is 9.88 Å². The maximum Gasteiger partial charge on any atom is 0.273 e. The monoisotopic (exact) mass is 339 g/mol. The third kappa shape index (κ3) is 5.09. The summed E-state index contributed by atoms with van der Waals surface area (Å²) in [5.41, 5.74) is 7.30. The first kappa shape index (κ1) is 18.6. The highest BCUT2D eigenvalue weighted by Gasteiger charge is 2.17. The molecule has 6 heteroatoms. The molecular formula is C16H22ClN3OS. The van der Waals surface area contributed by atoms with Crippen molar-refractivity contribution in [2.45, 2.75) is 19.8 Å². The minimum Gasteiger partial charge on any atom is -0.337 e. The number of amides is 1. The van der Waals surface area contributed by atoms with Gasteiger partial charge in [-0.2, -0.15) is 0 Å². The van der Waals surface area contributed by atoms with Crippen LogP contribution in [-0.2, 0) is 12.8 Å². The highest BCUT2D eigenvalue weighted by molar-refractivity contribution is 7.09. The Balaban J connectivity index is 0.00000242. The molecule has 2 rings (SSSR count). The second-order valence-electron chi connectivity index (χ2n) is 4.79. The molecule has 1 heterocycles. The molecule has 4 nitrogen and oxygen atoms in total. The molecule has 1 amide bonds. The maximum absolute atomic E-state index is 12.5. The Morgan fingerprint density at radius 2 is 2.00 bits per heavy atom. The summed E-state index contributed by atoms with van der Waals surface area (Å²) in [6.07, 6.45) is 1.59. The van der Waals surface area contributed by atoms with Gasteiger partial charge in [0.1, 0.15) is 5.69 Å². The Labute approximate surface area is 141 Å². The van der Waals surface area contributed by atoms with Crippen LogP contribution < -0.4 is 5.73 Å². The number of hydrogen-bond acceptors (Lipinski definition) is 4. The Bertz CT molecular complexity index is 574. The molecule has 0 fully saturated rings. The van der Waals surface area contributed by atoms with Crippen LogP contribution in [0.1, 0.15) is 28.0 Å². The van der Waals surface area contributed by atoms with Crippen molar-refractivity contribution in [1.29, 1.82) is 0 Å². The largest absolute Gasteiger partial charge is 0.337 e. The van der Waals surface area contributed by atoms with Gasteiger partial charge in [0.05, 0.1) is 5.01 Å². The lowest BCUT2D eigenvalue weighted by Crippen LogP contribution is -2.33. The summed E-state index contributed by atoms with van der Waals surface area (Å²) < 4.78 is 0. The van der Waals surface area contributed by atoms with E-state index in [-0.39, 0.29) is 18.3 Å². The average molecular weight is 340 g/mol. The lowest BCUT2D eigenvalue weighted by Gasteiger charge is -2.19. The number of carbonyl (C=O) groups is 1. The number of rotatable bonds is 7. The molecule has 2 aromatic rings. The molecule has 0 aliphatic carbocycles. The lowest BCUT2D eigenvalue weighted by molar-refractivity contribution is 0.0761. The van der Waals surface area contributed by atoms with Gasteiger partial charge in [0.25, 0.3) is 5.91 Å². The molecule has 2 N–H and O–H groups in total. The lowest BCUT2D eigenvalue weighted by atomic mass is 10.1. The highest BCUT2D eigenvalue weighted by Crippen LogP contribution is 2.13. The fourth-order valence-electron chi connectivity index (χ4n) is 2.12. The summed E-state index contributed by atoms with van der Waals surface area (Å²) in [6, 6.07) is 10.2. The number of nitrogens with two attached hydrogens (primary N) is 1. The zero-order valence-electron chi connectivity index (χ0n) is 12.7. The number of likely N-dealkylation sites (N-methyl/N-ethyl adjacent to an activating group) is 1. The molecule has 0 atom stereocenters. The van der Waals surface area contributed by atoms with Crippen molar-refractivity contribution >= 4 is 29.7 Å². The van der Waals surface area contributed by atoms with Crippen molar-refractivity contribution in [2.75, 3.05) is 19.6 Å². The van der Waals surface area contributed by atoms with Crippen LogP contribution in [0.3, 0.4) is 0 Å². The molecule has 0 saturated heterocycles. The van der Waals surface area contributed by atoms with Crippen LogP contribution in [0.15, 0.2) is 35.7 Å². The van der Waals surface area contributed by atoms with Gasteiger partial charge in [-0.1, -0.05) is 30.3 Å². The molecule has 1 aromatic carbocycles. The SMILES string of the molecule is CCN(CCc1ccccc1)C(=O)c1csc(CCN)n1.Cl. The topological polar surface area (TPSA) is 59.2 Å². The van der Waals surface area contributed by atoms with E-state index in [1.165, 1.54) is 16.9 Å². The first-order valence-electron chi connectivity index (χ1n) is 7.22. The van der Waals surface area contributed by atoms with Gasteiger partial charge in [0.2, 0.25) is 0 Å². The predicted octanol–water partition coefficient (Wildman–Crippen LogP) is 2.77. The van der Waals surface area contributed by atoms with E-state index in [4.69, 9.17) is 5.73 Å². The number of hydrogen-bond donors (Lipinski definition) is 1. The Hall–Kier alpha value is -1.43. The minimum absolute atomic E-state index is 0. The van der Waals surface area contributed by atoms with Crippen LogP contribution in [0.2, 0.25) is 0 Å². The third-order valence-electron chi connectivity index (χ3n) is 3.31. The van der Waals surface area contributed by atoms with Crippen molar-refractivity contribution in [3.8, 4) is 0 Å². The van der Waals surface area contributed by atoms with Crippen LogP contribution in [0, 0.1) is 0 Å². The van der Waals surface area contributed by atoms with Crippen LogP contribution in [0.4, 0.5) is 0 Å². The van der Waals surface area contributed by atoms with E-state index >= 15 is 0 Å². The van der Waals surface area contributed by atoms with E-state index < -0.39 is 0 Å². The van der Waals surface area contributed by atoms with E-state index in [1.807, 2.05) is 35.4 Å². The second kappa shape index (κ2) is 9.56. The van der Waals surface area contributed by atoms with E-state index in [0.29, 0.717) is 25.3 Å². The molecule has 0 unspecified atom stereocenters. The molecule has 0 aliphatic rings. The number of carbonyl (C=O) groups excluding carboxylic acids is 1. The Morgan fingerprint density at radius 3 is 2.64 bits per heavy atom. The zero-order chi connectivity index (χ0) is 15.1. The van der Waals surface area contributed by atoms with Gasteiger partial charge in [-0.05, 0) is 25.5 Å². The van der Waals surface area contributed by atoms with E-state index in [2.05, 4.69) is 17.1 Å². The van der Waals surface area contributed by atoms with Gasteiger partial charge in [-0.15, -0.1) is 23.7 Å². The molecule has 0 radical (unpaired) electrons. The normalized spacial score (nSPS) is 10.1. The van der Waals surface area contributed by atoms with Crippen LogP contribution in [0.25, 0.3) is 0 Å². The quantitative estimate of drug-likeness (QED) is 0.843. The van der Waals surface area contributed by atoms with E-state index in [1.54, 1.807) is 0 Å². The number of aromatic nitrogens is 1. The first-order valence-corrected chi connectivity index (χ1v) is 8.10. The zero-order valence-corrected chi connectivity index (χ0v) is 14.3. The van der Waals surface area contributed by atoms with Gasteiger partial charge >= 0.3 is 0 Å². The van der Waals surface area contributed by atoms with Gasteiger partial charge in [-0.25, -0.2) is 4.98 Å². The fraction of sp³-hybridized carbons (Fsp3) is 0.375. The van der Waals surface area contributed by atoms with Gasteiger partial charge in [0, 0.05) is 24.9 Å². The number of nitrogens with zero attached hydrogens (tertiary/aromatic N) is 2. The van der Waals surface area contributed by atoms with Crippen molar-refractivity contribution in [2.24, 2.45) is 5.73 Å². The van der Waals surface area contributed by atoms with Crippen LogP contribution in [0.5, 0.6) is 0 Å². The van der Waals surface area contributed by atoms with Crippen LogP contribution in [-0.4, -0.2) is 35.4 Å². The average Bonchev–Trinajstić information content (AvgIpc) is 2.98. The van der Waals surface area contributed by atoms with E-state index in [0.717, 1.165) is 17.8 Å². The standard InChI is InChI=1S/C16H21N3OS.ClH/c1-2-19(11-9-13-6-4-3-5-7-13)16(20)14-12-21-15(18-14)8-10-17;/h3-7,12H,2,8-11,17H2,1H3;1H. The Morgan fingerprint density at radius 1 is 1.27 bits per heavy atom. The molecule has 0 aliphatic heterocycles. The molecule has 120 valence electrons. The van der Waals surface area contributed by atoms with Gasteiger partial charge in [0.15, 0.2) is 0 Å². The summed E-state index contributed by atoms with van der Waals surface area (Å²) in [5.74, 6) is 0.00736. The summed E-state index contributed by atoms with van der Waals surface area (Å²) in [7, 11) is 0. The minimum atomic E-state index is 0. The molecule has 0 bridgehead atoms. The molecule has 0 spiro atoms. The highest BCUT2D eigenvalue weighted by atomic mass is 35.5. The van der Waals surface area contributed by atoms with Gasteiger partial charge < -0.3 is 10.6 Å². The smallest absolute Gasteiger partial charge is 0.273 e. The van der Waals surface area contributed by atoms with Crippen LogP contribution >= 0.6 is 23.7 Å². The number of halogens is 1. The van der Waals surface area contributed by atoms with Crippen molar-refractivity contribution in [3.63, 3.8) is 0 Å². The summed E-state index contributed by atoms with van der Waals surface area (Å²) in [5, 5.41) is 2.76. The van der Waals surface area contributed by atoms with E-state index in [9.17, 15) is 4.79 Å². The number of benzene rings is 1. The third-order valence-corrected chi connectivity index (χ3v) is 4.22. The van der Waals surface area contributed by atoms with Crippen molar-refractivity contribution < 1.29 is 4.79 Å². The summed E-state index contributed by atoms with van der Waals surface area (Å²) >= 11 is 1.51. The second-order valence-corrected chi connectivity index (χ2v) is 5.73. The molecule has 1 aromatic heterocycles. The summed E-state index contributed by atoms with van der Waals surface area (Å²) in [4.78, 5) is 18.7. The molecule has 0 saturated carbocycles. The maximum atomic E-state index is 12.5. The molecule has 22 heavy (non-hydrogen) atoms. The van der Waals surface area contributed by atoms with Gasteiger partial charge in [-0.3, -0.25) is 4.79 Å². The summed E-state index contributed by atoms with van der Waals surface area (Å²) in [6.45, 7) is 3.96. The fourth-order valence-corrected chi connectivity index (χ4v) is 2.91. The predicted molar refractivity (Wildman–Crippen MR) is 93.8 cm³/mol. The Kier molecular flexibility index (Phi) is 8.09. The van der Waals surface area contributed by atoms with Crippen molar-refractivity contribution in [3.05, 3.63) is 52.0 Å². The first-order chi connectivity index (χ1) is 10.2.